The first-order chi connectivity index (χ1) is 7.97. The molecule has 0 aliphatic carbocycles. The van der Waals surface area contributed by atoms with Gasteiger partial charge < -0.3 is 4.90 Å². The number of carbonyl (C=O) groups is 1. The number of alkyl halides is 1. The van der Waals surface area contributed by atoms with Crippen LogP contribution in [0.2, 0.25) is 0 Å². The fraction of sp³-hybridized carbons (Fsp3) is 0.417. The SMILES string of the molecule is CC(C)N(CCBr)C(=O)c1ccc(F)cc1F. The summed E-state index contributed by atoms with van der Waals surface area (Å²) in [5.74, 6) is -1.93. The van der Waals surface area contributed by atoms with Crippen molar-refractivity contribution >= 4 is 21.8 Å². The van der Waals surface area contributed by atoms with Crippen molar-refractivity contribution in [3.63, 3.8) is 0 Å². The monoisotopic (exact) mass is 305 g/mol. The maximum absolute atomic E-state index is 13.5. The van der Waals surface area contributed by atoms with Crippen LogP contribution in [0.5, 0.6) is 0 Å². The molecule has 1 aromatic rings. The molecule has 5 heteroatoms. The lowest BCUT2D eigenvalue weighted by Crippen LogP contribution is -2.38. The summed E-state index contributed by atoms with van der Waals surface area (Å²) in [6, 6.07) is 2.95. The second kappa shape index (κ2) is 6.10. The molecule has 0 atom stereocenters. The molecule has 0 bridgehead atoms. The highest BCUT2D eigenvalue weighted by Gasteiger charge is 2.21. The molecule has 0 fully saturated rings. The van der Waals surface area contributed by atoms with Gasteiger partial charge in [-0.1, -0.05) is 15.9 Å². The number of benzene rings is 1. The van der Waals surface area contributed by atoms with Gasteiger partial charge in [-0.2, -0.15) is 0 Å². The van der Waals surface area contributed by atoms with Crippen LogP contribution in [-0.2, 0) is 0 Å². The fourth-order valence-corrected chi connectivity index (χ4v) is 1.89. The number of hydrogen-bond acceptors (Lipinski definition) is 1. The predicted molar refractivity (Wildman–Crippen MR) is 66.3 cm³/mol. The van der Waals surface area contributed by atoms with Gasteiger partial charge in [0.05, 0.1) is 5.56 Å². The third-order valence-electron chi connectivity index (χ3n) is 2.37. The Labute approximate surface area is 108 Å². The number of nitrogens with zero attached hydrogens (tertiary/aromatic N) is 1. The van der Waals surface area contributed by atoms with Gasteiger partial charge >= 0.3 is 0 Å². The Bertz CT molecular complexity index is 409. The molecule has 0 aliphatic rings. The van der Waals surface area contributed by atoms with Crippen molar-refractivity contribution in [2.75, 3.05) is 11.9 Å². The summed E-state index contributed by atoms with van der Waals surface area (Å²) in [5.41, 5.74) is -0.0962. The van der Waals surface area contributed by atoms with Crippen LogP contribution >= 0.6 is 15.9 Å². The molecule has 0 heterocycles. The summed E-state index contributed by atoms with van der Waals surface area (Å²) in [6.07, 6.45) is 0. The number of carbonyl (C=O) groups excluding carboxylic acids is 1. The van der Waals surface area contributed by atoms with Crippen LogP contribution in [0.4, 0.5) is 8.78 Å². The third-order valence-corrected chi connectivity index (χ3v) is 2.73. The van der Waals surface area contributed by atoms with E-state index in [1.54, 1.807) is 0 Å². The highest BCUT2D eigenvalue weighted by Crippen LogP contribution is 2.14. The van der Waals surface area contributed by atoms with Crippen molar-refractivity contribution < 1.29 is 13.6 Å². The van der Waals surface area contributed by atoms with Gasteiger partial charge in [-0.15, -0.1) is 0 Å². The van der Waals surface area contributed by atoms with E-state index < -0.39 is 17.5 Å². The molecule has 0 N–H and O–H groups in total. The van der Waals surface area contributed by atoms with Crippen molar-refractivity contribution in [3.05, 3.63) is 35.4 Å². The van der Waals surface area contributed by atoms with Crippen LogP contribution in [0.1, 0.15) is 24.2 Å². The molecule has 1 aromatic carbocycles. The van der Waals surface area contributed by atoms with E-state index in [-0.39, 0.29) is 11.6 Å². The lowest BCUT2D eigenvalue weighted by Gasteiger charge is -2.26. The Hall–Kier alpha value is -0.970. The molecule has 94 valence electrons. The van der Waals surface area contributed by atoms with Crippen molar-refractivity contribution in [1.29, 1.82) is 0 Å². The Morgan fingerprint density at radius 1 is 1.41 bits per heavy atom. The van der Waals surface area contributed by atoms with E-state index in [4.69, 9.17) is 0 Å². The minimum atomic E-state index is -0.824. The topological polar surface area (TPSA) is 20.3 Å². The van der Waals surface area contributed by atoms with Gasteiger partial charge in [-0.3, -0.25) is 4.79 Å². The van der Waals surface area contributed by atoms with Crippen molar-refractivity contribution in [3.8, 4) is 0 Å². The Morgan fingerprint density at radius 3 is 2.53 bits per heavy atom. The van der Waals surface area contributed by atoms with E-state index in [0.717, 1.165) is 12.1 Å². The lowest BCUT2D eigenvalue weighted by atomic mass is 10.1. The molecule has 1 rings (SSSR count). The van der Waals surface area contributed by atoms with Crippen molar-refractivity contribution in [1.82, 2.24) is 4.90 Å². The van der Waals surface area contributed by atoms with Crippen LogP contribution in [-0.4, -0.2) is 28.7 Å². The van der Waals surface area contributed by atoms with E-state index >= 15 is 0 Å². The number of hydrogen-bond donors (Lipinski definition) is 0. The van der Waals surface area contributed by atoms with E-state index in [1.807, 2.05) is 13.8 Å². The summed E-state index contributed by atoms with van der Waals surface area (Å²) in [7, 11) is 0. The zero-order chi connectivity index (χ0) is 13.0. The van der Waals surface area contributed by atoms with Gasteiger partial charge in [0.15, 0.2) is 0 Å². The van der Waals surface area contributed by atoms with E-state index in [0.29, 0.717) is 11.9 Å². The van der Waals surface area contributed by atoms with Crippen LogP contribution in [0.3, 0.4) is 0 Å². The average Bonchev–Trinajstić information content (AvgIpc) is 2.24. The van der Waals surface area contributed by atoms with Crippen molar-refractivity contribution in [2.45, 2.75) is 19.9 Å². The molecule has 0 saturated heterocycles. The van der Waals surface area contributed by atoms with Gasteiger partial charge in [0.25, 0.3) is 5.91 Å². The number of amides is 1. The maximum atomic E-state index is 13.5. The summed E-state index contributed by atoms with van der Waals surface area (Å²) in [6.45, 7) is 4.18. The second-order valence-corrected chi connectivity index (χ2v) is 4.70. The maximum Gasteiger partial charge on any atom is 0.257 e. The van der Waals surface area contributed by atoms with Gasteiger partial charge in [0.2, 0.25) is 0 Å². The van der Waals surface area contributed by atoms with Crippen molar-refractivity contribution in [2.24, 2.45) is 0 Å². The molecule has 0 aliphatic heterocycles. The molecule has 0 saturated carbocycles. The van der Waals surface area contributed by atoms with Gasteiger partial charge in [-0.25, -0.2) is 8.78 Å². The standard InChI is InChI=1S/C12H14BrF2NO/c1-8(2)16(6-5-13)12(17)10-4-3-9(14)7-11(10)15/h3-4,7-8H,5-6H2,1-2H3. The minimum absolute atomic E-state index is 0.0375. The van der Waals surface area contributed by atoms with Gasteiger partial charge in [0, 0.05) is 24.0 Å². The highest BCUT2D eigenvalue weighted by molar-refractivity contribution is 9.09. The van der Waals surface area contributed by atoms with Crippen LogP contribution in [0.15, 0.2) is 18.2 Å². The molecule has 1 amide bonds. The first-order valence-corrected chi connectivity index (χ1v) is 6.41. The summed E-state index contributed by atoms with van der Waals surface area (Å²) < 4.78 is 26.2. The van der Waals surface area contributed by atoms with Gasteiger partial charge in [0.1, 0.15) is 11.6 Å². The highest BCUT2D eigenvalue weighted by atomic mass is 79.9. The summed E-state index contributed by atoms with van der Waals surface area (Å²) in [5, 5.41) is 0.611. The predicted octanol–water partition coefficient (Wildman–Crippen LogP) is 3.21. The molecular formula is C12H14BrF2NO. The lowest BCUT2D eigenvalue weighted by molar-refractivity contribution is 0.0714. The molecule has 2 nitrogen and oxygen atoms in total. The molecule has 0 aromatic heterocycles. The van der Waals surface area contributed by atoms with Crippen LogP contribution < -0.4 is 0 Å². The first-order valence-electron chi connectivity index (χ1n) is 5.29. The Balaban J connectivity index is 3.01. The molecule has 0 radical (unpaired) electrons. The Kier molecular flexibility index (Phi) is 5.05. The molecule has 17 heavy (non-hydrogen) atoms. The number of halogens is 3. The zero-order valence-electron chi connectivity index (χ0n) is 9.71. The quantitative estimate of drug-likeness (QED) is 0.782. The normalized spacial score (nSPS) is 10.7. The average molecular weight is 306 g/mol. The molecular weight excluding hydrogens is 292 g/mol. The second-order valence-electron chi connectivity index (χ2n) is 3.91. The molecule has 0 unspecified atom stereocenters. The Morgan fingerprint density at radius 2 is 2.06 bits per heavy atom. The van der Waals surface area contributed by atoms with E-state index in [2.05, 4.69) is 15.9 Å². The van der Waals surface area contributed by atoms with Crippen LogP contribution in [0, 0.1) is 11.6 Å². The first kappa shape index (κ1) is 14.1. The minimum Gasteiger partial charge on any atom is -0.335 e. The van der Waals surface area contributed by atoms with Gasteiger partial charge in [-0.05, 0) is 26.0 Å². The zero-order valence-corrected chi connectivity index (χ0v) is 11.3. The summed E-state index contributed by atoms with van der Waals surface area (Å²) >= 11 is 3.24. The van der Waals surface area contributed by atoms with Crippen LogP contribution in [0.25, 0.3) is 0 Å². The summed E-state index contributed by atoms with van der Waals surface area (Å²) in [4.78, 5) is 13.6. The van der Waals surface area contributed by atoms with E-state index in [1.165, 1.54) is 11.0 Å². The largest absolute Gasteiger partial charge is 0.335 e. The third kappa shape index (κ3) is 3.49. The molecule has 0 spiro atoms. The van der Waals surface area contributed by atoms with E-state index in [9.17, 15) is 13.6 Å². The smallest absolute Gasteiger partial charge is 0.257 e. The fourth-order valence-electron chi connectivity index (χ4n) is 1.50. The number of rotatable bonds is 4.